The third kappa shape index (κ3) is 2.66. The quantitative estimate of drug-likeness (QED) is 0.701. The van der Waals surface area contributed by atoms with Crippen molar-refractivity contribution in [3.63, 3.8) is 0 Å². The Kier molecular flexibility index (Phi) is 3.76. The number of anilines is 1. The van der Waals surface area contributed by atoms with E-state index in [1.165, 1.54) is 0 Å². The van der Waals surface area contributed by atoms with Crippen LogP contribution in [-0.2, 0) is 11.3 Å². The summed E-state index contributed by atoms with van der Waals surface area (Å²) in [6, 6.07) is 5.79. The average Bonchev–Trinajstić information content (AvgIpc) is 3.22. The largest absolute Gasteiger partial charge is 0.441 e. The number of nitrogen functional groups attached to an aromatic ring is 1. The van der Waals surface area contributed by atoms with E-state index in [2.05, 4.69) is 30.9 Å². The molecule has 1 aromatic carbocycles. The number of pyridine rings is 1. The van der Waals surface area contributed by atoms with Crippen molar-refractivity contribution in [3.05, 3.63) is 28.5 Å². The van der Waals surface area contributed by atoms with E-state index >= 15 is 0 Å². The van der Waals surface area contributed by atoms with Crippen molar-refractivity contribution in [2.75, 3.05) is 18.8 Å². The first-order chi connectivity index (χ1) is 11.6. The number of hydrogen-bond donors (Lipinski definition) is 2. The Morgan fingerprint density at radius 2 is 2.12 bits per heavy atom. The summed E-state index contributed by atoms with van der Waals surface area (Å²) in [6.45, 7) is 1.60. The van der Waals surface area contributed by atoms with Crippen molar-refractivity contribution < 1.29 is 9.53 Å². The maximum atomic E-state index is 12.0. The summed E-state index contributed by atoms with van der Waals surface area (Å²) in [6.07, 6.45) is 1.76. The molecular formula is C16H16BrN5O2. The number of fused-ring (bicyclic) bond motifs is 3. The van der Waals surface area contributed by atoms with Gasteiger partial charge in [0.25, 0.3) is 0 Å². The molecule has 3 N–H and O–H groups in total. The highest BCUT2D eigenvalue weighted by Crippen LogP contribution is 2.28. The van der Waals surface area contributed by atoms with Crippen molar-refractivity contribution in [1.29, 1.82) is 0 Å². The third-order valence-corrected chi connectivity index (χ3v) is 4.66. The lowest BCUT2D eigenvalue weighted by atomic mass is 10.2. The number of amides is 1. The molecule has 8 heteroatoms. The van der Waals surface area contributed by atoms with Gasteiger partial charge in [-0.25, -0.2) is 14.8 Å². The van der Waals surface area contributed by atoms with Crippen LogP contribution in [0.15, 0.2) is 22.7 Å². The second-order valence-electron chi connectivity index (χ2n) is 5.81. The van der Waals surface area contributed by atoms with Crippen LogP contribution in [0.5, 0.6) is 0 Å². The van der Waals surface area contributed by atoms with Gasteiger partial charge in [0, 0.05) is 22.9 Å². The van der Waals surface area contributed by atoms with E-state index in [9.17, 15) is 4.79 Å². The summed E-state index contributed by atoms with van der Waals surface area (Å²) >= 11 is 3.43. The first-order valence-electron chi connectivity index (χ1n) is 7.77. The van der Waals surface area contributed by atoms with Crippen LogP contribution in [-0.4, -0.2) is 39.0 Å². The van der Waals surface area contributed by atoms with Crippen LogP contribution < -0.4 is 5.73 Å². The Bertz CT molecular complexity index is 933. The van der Waals surface area contributed by atoms with Gasteiger partial charge in [-0.05, 0) is 31.0 Å². The third-order valence-electron chi connectivity index (χ3n) is 4.16. The van der Waals surface area contributed by atoms with Crippen molar-refractivity contribution in [2.45, 2.75) is 19.4 Å². The molecule has 0 spiro atoms. The maximum absolute atomic E-state index is 12.0. The molecule has 0 bridgehead atoms. The number of likely N-dealkylation sites (tertiary alicyclic amines) is 1. The summed E-state index contributed by atoms with van der Waals surface area (Å²) in [5.41, 5.74) is 8.19. The Morgan fingerprint density at radius 3 is 2.92 bits per heavy atom. The fraction of sp³-hybridized carbons (Fsp3) is 0.312. The Morgan fingerprint density at radius 1 is 1.33 bits per heavy atom. The number of aromatic nitrogens is 3. The number of halogens is 1. The Hall–Kier alpha value is -2.35. The van der Waals surface area contributed by atoms with Gasteiger partial charge in [0.1, 0.15) is 11.3 Å². The lowest BCUT2D eigenvalue weighted by Crippen LogP contribution is -2.28. The van der Waals surface area contributed by atoms with E-state index in [0.717, 1.165) is 46.8 Å². The highest BCUT2D eigenvalue weighted by molar-refractivity contribution is 9.10. The van der Waals surface area contributed by atoms with Crippen molar-refractivity contribution in [3.8, 4) is 0 Å². The van der Waals surface area contributed by atoms with Crippen LogP contribution in [0, 0.1) is 0 Å². The fourth-order valence-electron chi connectivity index (χ4n) is 2.98. The molecule has 0 radical (unpaired) electrons. The van der Waals surface area contributed by atoms with E-state index in [-0.39, 0.29) is 12.7 Å². The number of rotatable bonds is 2. The van der Waals surface area contributed by atoms with Crippen LogP contribution in [0.3, 0.4) is 0 Å². The molecule has 24 heavy (non-hydrogen) atoms. The lowest BCUT2D eigenvalue weighted by Gasteiger charge is -2.14. The molecule has 7 nitrogen and oxygen atoms in total. The van der Waals surface area contributed by atoms with Crippen LogP contribution in [0.4, 0.5) is 10.6 Å². The van der Waals surface area contributed by atoms with Gasteiger partial charge < -0.3 is 20.4 Å². The molecule has 2 aromatic heterocycles. The van der Waals surface area contributed by atoms with E-state index in [0.29, 0.717) is 17.2 Å². The number of aromatic amines is 1. The molecule has 0 atom stereocenters. The van der Waals surface area contributed by atoms with Crippen LogP contribution in [0.25, 0.3) is 21.9 Å². The molecular weight excluding hydrogens is 374 g/mol. The minimum atomic E-state index is -0.298. The van der Waals surface area contributed by atoms with Gasteiger partial charge in [-0.1, -0.05) is 15.9 Å². The Balaban J connectivity index is 1.64. The number of imidazole rings is 1. The number of nitrogens with zero attached hydrogens (tertiary/aromatic N) is 3. The predicted molar refractivity (Wildman–Crippen MR) is 94.5 cm³/mol. The number of nitrogens with one attached hydrogen (secondary N) is 1. The monoisotopic (exact) mass is 389 g/mol. The maximum Gasteiger partial charge on any atom is 0.410 e. The molecule has 4 rings (SSSR count). The van der Waals surface area contributed by atoms with Crippen molar-refractivity contribution >= 4 is 49.8 Å². The van der Waals surface area contributed by atoms with Gasteiger partial charge >= 0.3 is 6.09 Å². The van der Waals surface area contributed by atoms with Gasteiger partial charge in [0.2, 0.25) is 0 Å². The molecule has 1 saturated heterocycles. The SMILES string of the molecule is Nc1nc2cc(Br)ccc2c2[nH]c(COC(=O)N3CCCC3)nc12. The Labute approximate surface area is 146 Å². The van der Waals surface area contributed by atoms with Crippen LogP contribution >= 0.6 is 15.9 Å². The molecule has 1 aliphatic heterocycles. The van der Waals surface area contributed by atoms with Gasteiger partial charge in [-0.15, -0.1) is 0 Å². The first-order valence-corrected chi connectivity index (χ1v) is 8.56. The van der Waals surface area contributed by atoms with Gasteiger partial charge in [0.05, 0.1) is 11.0 Å². The highest BCUT2D eigenvalue weighted by Gasteiger charge is 2.20. The molecule has 0 aliphatic carbocycles. The molecule has 1 amide bonds. The van der Waals surface area contributed by atoms with Gasteiger partial charge in [0.15, 0.2) is 12.4 Å². The molecule has 1 aliphatic rings. The zero-order chi connectivity index (χ0) is 16.7. The minimum Gasteiger partial charge on any atom is -0.441 e. The summed E-state index contributed by atoms with van der Waals surface area (Å²) in [7, 11) is 0. The number of H-pyrrole nitrogens is 1. The van der Waals surface area contributed by atoms with Crippen LogP contribution in [0.2, 0.25) is 0 Å². The van der Waals surface area contributed by atoms with E-state index in [1.54, 1.807) is 4.90 Å². The fourth-order valence-corrected chi connectivity index (χ4v) is 3.33. The smallest absolute Gasteiger partial charge is 0.410 e. The summed E-state index contributed by atoms with van der Waals surface area (Å²) in [5.74, 6) is 0.908. The highest BCUT2D eigenvalue weighted by atomic mass is 79.9. The zero-order valence-corrected chi connectivity index (χ0v) is 14.5. The van der Waals surface area contributed by atoms with Crippen molar-refractivity contribution in [2.24, 2.45) is 0 Å². The summed E-state index contributed by atoms with van der Waals surface area (Å²) in [4.78, 5) is 25.7. The number of carbonyl (C=O) groups is 1. The summed E-state index contributed by atoms with van der Waals surface area (Å²) < 4.78 is 6.27. The zero-order valence-electron chi connectivity index (χ0n) is 12.9. The molecule has 124 valence electrons. The normalized spacial score (nSPS) is 14.6. The number of ether oxygens (including phenoxy) is 1. The van der Waals surface area contributed by atoms with Gasteiger partial charge in [-0.3, -0.25) is 0 Å². The molecule has 0 unspecified atom stereocenters. The second kappa shape index (κ2) is 5.94. The van der Waals surface area contributed by atoms with Gasteiger partial charge in [-0.2, -0.15) is 0 Å². The van der Waals surface area contributed by atoms with E-state index in [1.807, 2.05) is 18.2 Å². The average molecular weight is 390 g/mol. The predicted octanol–water partition coefficient (Wildman–Crippen LogP) is 3.19. The van der Waals surface area contributed by atoms with E-state index in [4.69, 9.17) is 10.5 Å². The summed E-state index contributed by atoms with van der Waals surface area (Å²) in [5, 5.41) is 0.923. The lowest BCUT2D eigenvalue weighted by molar-refractivity contribution is 0.102. The second-order valence-corrected chi connectivity index (χ2v) is 6.73. The number of carbonyl (C=O) groups excluding carboxylic acids is 1. The number of hydrogen-bond acceptors (Lipinski definition) is 5. The standard InChI is InChI=1S/C16H16BrN5O2/c17-9-3-4-10-11(7-9)19-15(18)14-13(10)20-12(21-14)8-24-16(23)22-5-1-2-6-22/h3-4,7H,1-2,5-6,8H2,(H2,18,19)(H,20,21). The van der Waals surface area contributed by atoms with Crippen molar-refractivity contribution in [1.82, 2.24) is 19.9 Å². The number of benzene rings is 1. The molecule has 1 fully saturated rings. The molecule has 3 aromatic rings. The molecule has 0 saturated carbocycles. The van der Waals surface area contributed by atoms with E-state index < -0.39 is 0 Å². The minimum absolute atomic E-state index is 0.0848. The first kappa shape index (κ1) is 15.2. The molecule has 3 heterocycles. The van der Waals surface area contributed by atoms with Crippen LogP contribution in [0.1, 0.15) is 18.7 Å². The number of nitrogens with two attached hydrogens (primary N) is 1. The topological polar surface area (TPSA) is 97.1 Å².